The van der Waals surface area contributed by atoms with E-state index in [9.17, 15) is 4.79 Å². The number of nitrogens with zero attached hydrogens (tertiary/aromatic N) is 1. The van der Waals surface area contributed by atoms with Gasteiger partial charge in [-0.25, -0.2) is 0 Å². The van der Waals surface area contributed by atoms with Gasteiger partial charge in [-0.1, -0.05) is 30.7 Å². The van der Waals surface area contributed by atoms with Crippen molar-refractivity contribution in [2.45, 2.75) is 32.4 Å². The van der Waals surface area contributed by atoms with Crippen LogP contribution < -0.4 is 5.32 Å². The fraction of sp³-hybridized carbons (Fsp3) is 0.562. The van der Waals surface area contributed by atoms with Crippen molar-refractivity contribution in [1.82, 2.24) is 10.2 Å². The van der Waals surface area contributed by atoms with Crippen LogP contribution in [-0.4, -0.2) is 43.2 Å². The first-order valence-corrected chi connectivity index (χ1v) is 7.93. The Morgan fingerprint density at radius 1 is 1.52 bits per heavy atom. The third-order valence-corrected chi connectivity index (χ3v) is 4.10. The fourth-order valence-electron chi connectivity index (χ4n) is 2.93. The van der Waals surface area contributed by atoms with Crippen LogP contribution in [0.25, 0.3) is 0 Å². The average Bonchev–Trinajstić information content (AvgIpc) is 2.49. The molecule has 116 valence electrons. The van der Waals surface area contributed by atoms with E-state index in [0.717, 1.165) is 30.1 Å². The smallest absolute Gasteiger partial charge is 0.324 e. The van der Waals surface area contributed by atoms with Crippen LogP contribution in [-0.2, 0) is 9.53 Å². The molecular formula is C16H23ClN2O2. The third kappa shape index (κ3) is 3.96. The Morgan fingerprint density at radius 3 is 3.00 bits per heavy atom. The molecule has 1 heterocycles. The maximum Gasteiger partial charge on any atom is 0.324 e. The number of benzene rings is 1. The highest BCUT2D eigenvalue weighted by atomic mass is 35.5. The second-order valence-corrected chi connectivity index (χ2v) is 5.63. The quantitative estimate of drug-likeness (QED) is 0.849. The maximum absolute atomic E-state index is 12.2. The highest BCUT2D eigenvalue weighted by Gasteiger charge is 2.34. The van der Waals surface area contributed by atoms with Crippen molar-refractivity contribution in [3.8, 4) is 0 Å². The van der Waals surface area contributed by atoms with Gasteiger partial charge >= 0.3 is 5.97 Å². The summed E-state index contributed by atoms with van der Waals surface area (Å²) in [5, 5.41) is 4.01. The van der Waals surface area contributed by atoms with E-state index in [0.29, 0.717) is 13.2 Å². The van der Waals surface area contributed by atoms with Crippen molar-refractivity contribution in [3.63, 3.8) is 0 Å². The Balaban J connectivity index is 2.23. The zero-order chi connectivity index (χ0) is 15.2. The molecule has 1 saturated heterocycles. The minimum Gasteiger partial charge on any atom is -0.465 e. The first-order valence-electron chi connectivity index (χ1n) is 7.56. The summed E-state index contributed by atoms with van der Waals surface area (Å²) >= 11 is 6.11. The molecule has 0 saturated carbocycles. The van der Waals surface area contributed by atoms with E-state index in [1.165, 1.54) is 0 Å². The largest absolute Gasteiger partial charge is 0.465 e. The summed E-state index contributed by atoms with van der Waals surface area (Å²) in [5.41, 5.74) is 1.15. The topological polar surface area (TPSA) is 41.6 Å². The first-order chi connectivity index (χ1) is 10.2. The molecule has 2 atom stereocenters. The predicted octanol–water partition coefficient (Wildman–Crippen LogP) is 2.63. The van der Waals surface area contributed by atoms with Gasteiger partial charge in [0.1, 0.15) is 6.04 Å². The van der Waals surface area contributed by atoms with Gasteiger partial charge in [0.15, 0.2) is 0 Å². The molecule has 0 aromatic heterocycles. The molecule has 2 rings (SSSR count). The van der Waals surface area contributed by atoms with Crippen LogP contribution in [0.5, 0.6) is 0 Å². The van der Waals surface area contributed by atoms with E-state index in [-0.39, 0.29) is 18.1 Å². The summed E-state index contributed by atoms with van der Waals surface area (Å²) in [6.45, 7) is 6.73. The SMILES string of the molecule is CCOC(=O)C1CNCCN1C(CC)c1cccc(Cl)c1. The molecular weight excluding hydrogens is 288 g/mol. The van der Waals surface area contributed by atoms with Gasteiger partial charge in [-0.3, -0.25) is 9.69 Å². The number of nitrogens with one attached hydrogen (secondary N) is 1. The summed E-state index contributed by atoms with van der Waals surface area (Å²) in [5.74, 6) is -0.148. The first kappa shape index (κ1) is 16.3. The van der Waals surface area contributed by atoms with Crippen molar-refractivity contribution in [1.29, 1.82) is 0 Å². The van der Waals surface area contributed by atoms with E-state index >= 15 is 0 Å². The summed E-state index contributed by atoms with van der Waals surface area (Å²) < 4.78 is 5.22. The second kappa shape index (κ2) is 7.78. The number of carbonyl (C=O) groups excluding carboxylic acids is 1. The van der Waals surface area contributed by atoms with Crippen molar-refractivity contribution in [3.05, 3.63) is 34.9 Å². The highest BCUT2D eigenvalue weighted by Crippen LogP contribution is 2.29. The Labute approximate surface area is 131 Å². The lowest BCUT2D eigenvalue weighted by molar-refractivity contribution is -0.151. The lowest BCUT2D eigenvalue weighted by Crippen LogP contribution is -2.56. The van der Waals surface area contributed by atoms with Crippen LogP contribution in [0.4, 0.5) is 0 Å². The number of carbonyl (C=O) groups is 1. The van der Waals surface area contributed by atoms with Crippen LogP contribution in [0.15, 0.2) is 24.3 Å². The fourth-order valence-corrected chi connectivity index (χ4v) is 3.12. The molecule has 0 aliphatic carbocycles. The minimum atomic E-state index is -0.234. The van der Waals surface area contributed by atoms with Gasteiger partial charge in [0.2, 0.25) is 0 Å². The molecule has 0 spiro atoms. The van der Waals surface area contributed by atoms with Crippen LogP contribution in [0.3, 0.4) is 0 Å². The average molecular weight is 311 g/mol. The number of piperazine rings is 1. The molecule has 0 bridgehead atoms. The van der Waals surface area contributed by atoms with Crippen molar-refractivity contribution in [2.24, 2.45) is 0 Å². The molecule has 0 radical (unpaired) electrons. The van der Waals surface area contributed by atoms with Gasteiger partial charge in [0, 0.05) is 30.7 Å². The van der Waals surface area contributed by atoms with E-state index in [2.05, 4.69) is 23.2 Å². The minimum absolute atomic E-state index is 0.148. The molecule has 2 unspecified atom stereocenters. The molecule has 1 aromatic carbocycles. The van der Waals surface area contributed by atoms with Crippen molar-refractivity contribution >= 4 is 17.6 Å². The third-order valence-electron chi connectivity index (χ3n) is 3.86. The van der Waals surface area contributed by atoms with Gasteiger partial charge in [-0.2, -0.15) is 0 Å². The van der Waals surface area contributed by atoms with E-state index in [4.69, 9.17) is 16.3 Å². The van der Waals surface area contributed by atoms with E-state index in [1.807, 2.05) is 25.1 Å². The summed E-state index contributed by atoms with van der Waals surface area (Å²) in [6.07, 6.45) is 0.927. The number of hydrogen-bond acceptors (Lipinski definition) is 4. The summed E-state index contributed by atoms with van der Waals surface area (Å²) in [4.78, 5) is 14.4. The van der Waals surface area contributed by atoms with Gasteiger partial charge in [0.05, 0.1) is 6.61 Å². The summed E-state index contributed by atoms with van der Waals surface area (Å²) in [6, 6.07) is 7.84. The number of esters is 1. The van der Waals surface area contributed by atoms with Crippen LogP contribution >= 0.6 is 11.6 Å². The number of ether oxygens (including phenoxy) is 1. The van der Waals surface area contributed by atoms with Crippen LogP contribution in [0.1, 0.15) is 31.9 Å². The lowest BCUT2D eigenvalue weighted by atomic mass is 9.99. The molecule has 1 aliphatic rings. The van der Waals surface area contributed by atoms with Gasteiger partial charge < -0.3 is 10.1 Å². The second-order valence-electron chi connectivity index (χ2n) is 5.19. The Morgan fingerprint density at radius 2 is 2.33 bits per heavy atom. The molecule has 1 aliphatic heterocycles. The van der Waals surface area contributed by atoms with Crippen molar-refractivity contribution < 1.29 is 9.53 Å². The molecule has 0 amide bonds. The van der Waals surface area contributed by atoms with Gasteiger partial charge in [-0.15, -0.1) is 0 Å². The van der Waals surface area contributed by atoms with Gasteiger partial charge in [0.25, 0.3) is 0 Å². The number of hydrogen-bond donors (Lipinski definition) is 1. The monoisotopic (exact) mass is 310 g/mol. The zero-order valence-electron chi connectivity index (χ0n) is 12.6. The Hall–Kier alpha value is -1.10. The highest BCUT2D eigenvalue weighted by molar-refractivity contribution is 6.30. The van der Waals surface area contributed by atoms with E-state index in [1.54, 1.807) is 0 Å². The molecule has 1 aromatic rings. The Kier molecular flexibility index (Phi) is 6.03. The Bertz CT molecular complexity index is 481. The standard InChI is InChI=1S/C16H23ClN2O2/c1-3-14(12-6-5-7-13(17)10-12)19-9-8-18-11-15(19)16(20)21-4-2/h5-7,10,14-15,18H,3-4,8-9,11H2,1-2H3. The number of rotatable bonds is 5. The number of halogens is 1. The normalized spacial score (nSPS) is 21.0. The molecule has 5 heteroatoms. The maximum atomic E-state index is 12.2. The zero-order valence-corrected chi connectivity index (χ0v) is 13.4. The molecule has 21 heavy (non-hydrogen) atoms. The van der Waals surface area contributed by atoms with Crippen LogP contribution in [0, 0.1) is 0 Å². The molecule has 4 nitrogen and oxygen atoms in total. The molecule has 1 fully saturated rings. The van der Waals surface area contributed by atoms with Crippen molar-refractivity contribution in [2.75, 3.05) is 26.2 Å². The summed E-state index contributed by atoms with van der Waals surface area (Å²) in [7, 11) is 0. The van der Waals surface area contributed by atoms with E-state index < -0.39 is 0 Å². The van der Waals surface area contributed by atoms with Crippen LogP contribution in [0.2, 0.25) is 5.02 Å². The molecule has 1 N–H and O–H groups in total. The lowest BCUT2D eigenvalue weighted by Gasteiger charge is -2.40. The predicted molar refractivity (Wildman–Crippen MR) is 84.5 cm³/mol. The van der Waals surface area contributed by atoms with Gasteiger partial charge in [-0.05, 0) is 31.0 Å².